The number of hydrogen-bond donors (Lipinski definition) is 2. The molecule has 2 N–H and O–H groups in total. The summed E-state index contributed by atoms with van der Waals surface area (Å²) in [5.41, 5.74) is -1.44. The van der Waals surface area contributed by atoms with Crippen molar-refractivity contribution in [3.05, 3.63) is 65.2 Å². The van der Waals surface area contributed by atoms with Crippen LogP contribution in [0.25, 0.3) is 0 Å². The van der Waals surface area contributed by atoms with Crippen LogP contribution < -0.4 is 15.4 Å². The highest BCUT2D eigenvalue weighted by Crippen LogP contribution is 2.29. The van der Waals surface area contributed by atoms with Gasteiger partial charge in [0.2, 0.25) is 5.91 Å². The zero-order valence-electron chi connectivity index (χ0n) is 17.7. The molecule has 0 heterocycles. The van der Waals surface area contributed by atoms with Gasteiger partial charge in [0, 0.05) is 11.1 Å². The second kappa shape index (κ2) is 11.6. The summed E-state index contributed by atoms with van der Waals surface area (Å²) in [7, 11) is -4.25. The van der Waals surface area contributed by atoms with Crippen molar-refractivity contribution in [3.63, 3.8) is 0 Å². The molecule has 2 rings (SSSR count). The Morgan fingerprint density at radius 2 is 1.69 bits per heavy atom. The van der Waals surface area contributed by atoms with Gasteiger partial charge in [-0.25, -0.2) is 8.42 Å². The number of ether oxygens (including phenoxy) is 1. The molecule has 8 nitrogen and oxygen atoms in total. The van der Waals surface area contributed by atoms with Crippen LogP contribution in [0.15, 0.2) is 48.5 Å². The number of halogens is 5. The fourth-order valence-electron chi connectivity index (χ4n) is 2.87. The van der Waals surface area contributed by atoms with Crippen LogP contribution in [0.1, 0.15) is 21.5 Å². The van der Waals surface area contributed by atoms with Crippen molar-refractivity contribution in [2.24, 2.45) is 0 Å². The van der Waals surface area contributed by atoms with E-state index >= 15 is 0 Å². The zero-order valence-corrected chi connectivity index (χ0v) is 18.5. The van der Waals surface area contributed by atoms with Crippen LogP contribution >= 0.6 is 0 Å². The smallest absolute Gasteiger partial charge is 0.416 e. The largest absolute Gasteiger partial charge is 0.435 e. The molecule has 0 saturated carbocycles. The number of sulfone groups is 1. The van der Waals surface area contributed by atoms with E-state index < -0.39 is 69.8 Å². The molecule has 2 amide bonds. The van der Waals surface area contributed by atoms with Gasteiger partial charge in [-0.15, -0.1) is 0 Å². The Labute approximate surface area is 196 Å². The summed E-state index contributed by atoms with van der Waals surface area (Å²) in [6.07, 6.45) is -4.65. The van der Waals surface area contributed by atoms with Crippen molar-refractivity contribution in [3.8, 4) is 11.8 Å². The van der Waals surface area contributed by atoms with Gasteiger partial charge in [0.05, 0.1) is 23.1 Å². The summed E-state index contributed by atoms with van der Waals surface area (Å²) >= 11 is 0. The first kappa shape index (κ1) is 27.5. The van der Waals surface area contributed by atoms with Crippen LogP contribution in [0.5, 0.6) is 5.75 Å². The number of nitriles is 1. The Morgan fingerprint density at radius 1 is 1.06 bits per heavy atom. The number of carbonyl (C=O) groups excluding carboxylic acids is 2. The number of para-hydroxylation sites is 1. The molecule has 188 valence electrons. The molecule has 0 aliphatic carbocycles. The van der Waals surface area contributed by atoms with Gasteiger partial charge >= 0.3 is 12.8 Å². The number of hydrogen-bond acceptors (Lipinski definition) is 6. The standard InChI is InChI=1S/C21H18F5N3O5S/c22-20(23)34-17-4-2-1-3-14(17)11-35(32,33)12-16(19(31)28-10-9-27)29-18(30)13-5-7-15(8-6-13)21(24,25)26/h1-8,16,20H,10-12H2,(H,28,31)(H,29,30)/t16-/m0/s1. The Balaban J connectivity index is 2.24. The first-order valence-corrected chi connectivity index (χ1v) is 11.5. The Morgan fingerprint density at radius 3 is 2.26 bits per heavy atom. The van der Waals surface area contributed by atoms with Gasteiger partial charge in [0.1, 0.15) is 18.3 Å². The summed E-state index contributed by atoms with van der Waals surface area (Å²) < 4.78 is 93.1. The maximum Gasteiger partial charge on any atom is 0.416 e. The van der Waals surface area contributed by atoms with Gasteiger partial charge in [-0.3, -0.25) is 9.59 Å². The normalized spacial score (nSPS) is 12.5. The third-order valence-corrected chi connectivity index (χ3v) is 6.01. The van der Waals surface area contributed by atoms with Crippen molar-refractivity contribution >= 4 is 21.7 Å². The molecule has 2 aromatic rings. The minimum atomic E-state index is -4.65. The van der Waals surface area contributed by atoms with Gasteiger partial charge in [-0.1, -0.05) is 18.2 Å². The lowest BCUT2D eigenvalue weighted by Crippen LogP contribution is -2.50. The van der Waals surface area contributed by atoms with E-state index in [4.69, 9.17) is 5.26 Å². The van der Waals surface area contributed by atoms with E-state index in [-0.39, 0.29) is 11.1 Å². The molecular weight excluding hydrogens is 501 g/mol. The van der Waals surface area contributed by atoms with Gasteiger partial charge in [0.15, 0.2) is 9.84 Å². The third kappa shape index (κ3) is 8.53. The van der Waals surface area contributed by atoms with Crippen molar-refractivity contribution < 1.29 is 44.7 Å². The van der Waals surface area contributed by atoms with Crippen LogP contribution in [0.2, 0.25) is 0 Å². The summed E-state index contributed by atoms with van der Waals surface area (Å²) in [6.45, 7) is -3.73. The van der Waals surface area contributed by atoms with Gasteiger partial charge < -0.3 is 15.4 Å². The summed E-state index contributed by atoms with van der Waals surface area (Å²) in [5, 5.41) is 12.8. The van der Waals surface area contributed by atoms with E-state index in [1.54, 1.807) is 6.07 Å². The SMILES string of the molecule is N#CCNC(=O)[C@H](CS(=O)(=O)Cc1ccccc1OC(F)F)NC(=O)c1ccc(C(F)(F)F)cc1. The molecule has 0 spiro atoms. The molecule has 35 heavy (non-hydrogen) atoms. The van der Waals surface area contributed by atoms with E-state index in [1.807, 2.05) is 0 Å². The molecule has 0 aliphatic rings. The lowest BCUT2D eigenvalue weighted by atomic mass is 10.1. The molecule has 0 aliphatic heterocycles. The minimum absolute atomic E-state index is 0.127. The van der Waals surface area contributed by atoms with Crippen LogP contribution in [0, 0.1) is 11.3 Å². The number of carbonyl (C=O) groups is 2. The molecular formula is C21H18F5N3O5S. The fraction of sp³-hybridized carbons (Fsp3) is 0.286. The lowest BCUT2D eigenvalue weighted by Gasteiger charge is -2.19. The maximum absolute atomic E-state index is 12.7. The summed E-state index contributed by atoms with van der Waals surface area (Å²) in [5.74, 6) is -4.32. The van der Waals surface area contributed by atoms with E-state index in [2.05, 4.69) is 15.4 Å². The Hall–Kier alpha value is -3.73. The number of nitrogens with zero attached hydrogens (tertiary/aromatic N) is 1. The lowest BCUT2D eigenvalue weighted by molar-refractivity contribution is -0.137. The van der Waals surface area contributed by atoms with Gasteiger partial charge in [0.25, 0.3) is 5.91 Å². The van der Waals surface area contributed by atoms with Crippen molar-refractivity contribution in [2.75, 3.05) is 12.3 Å². The molecule has 0 aromatic heterocycles. The zero-order chi connectivity index (χ0) is 26.2. The molecule has 0 fully saturated rings. The predicted octanol–water partition coefficient (Wildman–Crippen LogP) is 2.66. The molecule has 0 saturated heterocycles. The highest BCUT2D eigenvalue weighted by Gasteiger charge is 2.31. The number of alkyl halides is 5. The maximum atomic E-state index is 12.7. The van der Waals surface area contributed by atoms with Crippen molar-refractivity contribution in [2.45, 2.75) is 24.6 Å². The first-order chi connectivity index (χ1) is 16.3. The number of benzene rings is 2. The van der Waals surface area contributed by atoms with Crippen molar-refractivity contribution in [1.82, 2.24) is 10.6 Å². The Kier molecular flexibility index (Phi) is 9.12. The average Bonchev–Trinajstić information content (AvgIpc) is 2.77. The van der Waals surface area contributed by atoms with Crippen molar-refractivity contribution in [1.29, 1.82) is 5.26 Å². The number of amides is 2. The van der Waals surface area contributed by atoms with E-state index in [9.17, 15) is 40.0 Å². The molecule has 0 unspecified atom stereocenters. The first-order valence-electron chi connectivity index (χ1n) is 9.68. The topological polar surface area (TPSA) is 125 Å². The third-order valence-electron chi connectivity index (χ3n) is 4.42. The number of nitrogens with one attached hydrogen (secondary N) is 2. The van der Waals surface area contributed by atoms with Crippen LogP contribution in [0.4, 0.5) is 22.0 Å². The average molecular weight is 519 g/mol. The van der Waals surface area contributed by atoms with E-state index in [1.165, 1.54) is 18.2 Å². The van der Waals surface area contributed by atoms with Crippen LogP contribution in [0.3, 0.4) is 0 Å². The number of rotatable bonds is 10. The molecule has 0 radical (unpaired) electrons. The summed E-state index contributed by atoms with van der Waals surface area (Å²) in [6, 6.07) is 7.88. The highest BCUT2D eigenvalue weighted by molar-refractivity contribution is 7.90. The second-order valence-corrected chi connectivity index (χ2v) is 9.13. The molecule has 0 bridgehead atoms. The van der Waals surface area contributed by atoms with Gasteiger partial charge in [-0.2, -0.15) is 27.2 Å². The van der Waals surface area contributed by atoms with E-state index in [0.29, 0.717) is 12.1 Å². The quantitative estimate of drug-likeness (QED) is 0.367. The molecule has 1 atom stereocenters. The Bertz CT molecular complexity index is 1200. The minimum Gasteiger partial charge on any atom is -0.435 e. The van der Waals surface area contributed by atoms with Crippen LogP contribution in [-0.4, -0.2) is 45.2 Å². The molecule has 2 aromatic carbocycles. The monoisotopic (exact) mass is 519 g/mol. The predicted molar refractivity (Wildman–Crippen MR) is 112 cm³/mol. The van der Waals surface area contributed by atoms with Gasteiger partial charge in [-0.05, 0) is 30.3 Å². The second-order valence-electron chi connectivity index (χ2n) is 7.02. The highest BCUT2D eigenvalue weighted by atomic mass is 32.2. The fourth-order valence-corrected chi connectivity index (χ4v) is 4.44. The van der Waals surface area contributed by atoms with Crippen LogP contribution in [-0.2, 0) is 26.6 Å². The van der Waals surface area contributed by atoms with E-state index in [0.717, 1.165) is 18.2 Å². The summed E-state index contributed by atoms with van der Waals surface area (Å²) in [4.78, 5) is 24.9. The molecule has 14 heteroatoms.